The Balaban J connectivity index is 2.60. The Morgan fingerprint density at radius 1 is 1.40 bits per heavy atom. The van der Waals surface area contributed by atoms with Gasteiger partial charge in [0.2, 0.25) is 0 Å². The average molecular weight is 270 g/mol. The van der Waals surface area contributed by atoms with Crippen LogP contribution >= 0.6 is 0 Å². The molecule has 0 radical (unpaired) electrons. The van der Waals surface area contributed by atoms with Crippen LogP contribution in [0.3, 0.4) is 0 Å². The molecule has 0 amide bonds. The summed E-state index contributed by atoms with van der Waals surface area (Å²) < 4.78 is 0. The second-order valence-electron chi connectivity index (χ2n) is 5.20. The molecule has 1 unspecified atom stereocenters. The fourth-order valence-electron chi connectivity index (χ4n) is 2.34. The highest BCUT2D eigenvalue weighted by atomic mass is 16.3. The summed E-state index contributed by atoms with van der Waals surface area (Å²) in [4.78, 5) is 14.7. The van der Waals surface area contributed by atoms with Crippen molar-refractivity contribution < 1.29 is 5.11 Å². The summed E-state index contributed by atoms with van der Waals surface area (Å²) in [7, 11) is 0. The molecular formula is C16H18N2O2. The van der Waals surface area contributed by atoms with Gasteiger partial charge in [-0.15, -0.1) is 0 Å². The summed E-state index contributed by atoms with van der Waals surface area (Å²) in [6.07, 6.45) is 1.06. The Labute approximate surface area is 117 Å². The van der Waals surface area contributed by atoms with Crippen molar-refractivity contribution in [2.75, 3.05) is 6.61 Å². The number of nitrogens with zero attached hydrogens (tertiary/aromatic N) is 1. The van der Waals surface area contributed by atoms with Crippen LogP contribution in [0.4, 0.5) is 0 Å². The number of hydrogen-bond donors (Lipinski definition) is 2. The van der Waals surface area contributed by atoms with Gasteiger partial charge in [0.05, 0.1) is 11.5 Å². The molecule has 0 aliphatic carbocycles. The number of benzene rings is 1. The van der Waals surface area contributed by atoms with E-state index < -0.39 is 5.41 Å². The number of fused-ring (bicyclic) bond motifs is 1. The zero-order chi connectivity index (χ0) is 14.8. The zero-order valence-corrected chi connectivity index (χ0v) is 11.7. The molecule has 4 heteroatoms. The minimum Gasteiger partial charge on any atom is -0.396 e. The van der Waals surface area contributed by atoms with Gasteiger partial charge in [-0.3, -0.25) is 4.79 Å². The Bertz CT molecular complexity index is 727. The molecule has 4 nitrogen and oxygen atoms in total. The van der Waals surface area contributed by atoms with Crippen LogP contribution in [0.25, 0.3) is 10.9 Å². The van der Waals surface area contributed by atoms with Gasteiger partial charge >= 0.3 is 0 Å². The molecule has 104 valence electrons. The Hall–Kier alpha value is -2.12. The Morgan fingerprint density at radius 2 is 2.15 bits per heavy atom. The third kappa shape index (κ3) is 2.45. The second-order valence-corrected chi connectivity index (χ2v) is 5.20. The highest BCUT2D eigenvalue weighted by Gasteiger charge is 2.26. The van der Waals surface area contributed by atoms with E-state index in [1.165, 1.54) is 0 Å². The lowest BCUT2D eigenvalue weighted by Crippen LogP contribution is -2.21. The van der Waals surface area contributed by atoms with Crippen LogP contribution in [0.1, 0.15) is 31.4 Å². The van der Waals surface area contributed by atoms with Crippen molar-refractivity contribution in [1.29, 1.82) is 5.26 Å². The highest BCUT2D eigenvalue weighted by Crippen LogP contribution is 2.28. The fourth-order valence-corrected chi connectivity index (χ4v) is 2.34. The van der Waals surface area contributed by atoms with E-state index in [2.05, 4.69) is 11.1 Å². The first-order valence-corrected chi connectivity index (χ1v) is 6.72. The smallest absolute Gasteiger partial charge is 0.251 e. The SMILES string of the molecule is CCc1cc2ccc(C(C)(C#N)CCO)cc2[nH]c1=O. The van der Waals surface area contributed by atoms with Crippen LogP contribution < -0.4 is 5.56 Å². The number of aromatic nitrogens is 1. The molecule has 0 fully saturated rings. The lowest BCUT2D eigenvalue weighted by atomic mass is 9.81. The van der Waals surface area contributed by atoms with Crippen LogP contribution in [-0.2, 0) is 11.8 Å². The molecule has 0 spiro atoms. The van der Waals surface area contributed by atoms with Crippen LogP contribution in [-0.4, -0.2) is 16.7 Å². The number of H-pyrrole nitrogens is 1. The van der Waals surface area contributed by atoms with E-state index in [0.717, 1.165) is 22.0 Å². The van der Waals surface area contributed by atoms with Crippen molar-refractivity contribution in [2.45, 2.75) is 32.1 Å². The molecule has 0 saturated carbocycles. The largest absolute Gasteiger partial charge is 0.396 e. The minimum atomic E-state index is -0.747. The van der Waals surface area contributed by atoms with Crippen molar-refractivity contribution >= 4 is 10.9 Å². The molecule has 1 aromatic carbocycles. The number of rotatable bonds is 4. The van der Waals surface area contributed by atoms with E-state index in [4.69, 9.17) is 5.11 Å². The van der Waals surface area contributed by atoms with Gasteiger partial charge < -0.3 is 10.1 Å². The van der Waals surface area contributed by atoms with Crippen LogP contribution in [0.15, 0.2) is 29.1 Å². The molecule has 2 aromatic rings. The zero-order valence-electron chi connectivity index (χ0n) is 11.7. The highest BCUT2D eigenvalue weighted by molar-refractivity contribution is 5.80. The van der Waals surface area contributed by atoms with E-state index >= 15 is 0 Å². The predicted molar refractivity (Wildman–Crippen MR) is 78.6 cm³/mol. The lowest BCUT2D eigenvalue weighted by molar-refractivity contribution is 0.264. The lowest BCUT2D eigenvalue weighted by Gasteiger charge is -2.21. The summed E-state index contributed by atoms with van der Waals surface area (Å²) in [5.41, 5.74) is 1.45. The third-order valence-corrected chi connectivity index (χ3v) is 3.80. The van der Waals surface area contributed by atoms with Gasteiger partial charge in [-0.25, -0.2) is 0 Å². The van der Waals surface area contributed by atoms with Crippen molar-refractivity contribution in [3.05, 3.63) is 45.7 Å². The summed E-state index contributed by atoms with van der Waals surface area (Å²) in [6.45, 7) is 3.69. The first-order valence-electron chi connectivity index (χ1n) is 6.72. The van der Waals surface area contributed by atoms with E-state index in [0.29, 0.717) is 12.8 Å². The Morgan fingerprint density at radius 3 is 2.75 bits per heavy atom. The van der Waals surface area contributed by atoms with Gasteiger partial charge in [0.25, 0.3) is 5.56 Å². The summed E-state index contributed by atoms with van der Waals surface area (Å²) in [5, 5.41) is 19.4. The molecule has 20 heavy (non-hydrogen) atoms. The van der Waals surface area contributed by atoms with E-state index in [1.807, 2.05) is 31.2 Å². The quantitative estimate of drug-likeness (QED) is 0.894. The molecule has 1 heterocycles. The monoisotopic (exact) mass is 270 g/mol. The maximum Gasteiger partial charge on any atom is 0.251 e. The summed E-state index contributed by atoms with van der Waals surface area (Å²) in [6, 6.07) is 9.75. The van der Waals surface area contributed by atoms with Gasteiger partial charge in [-0.05, 0) is 42.8 Å². The summed E-state index contributed by atoms with van der Waals surface area (Å²) in [5.74, 6) is 0. The van der Waals surface area contributed by atoms with Crippen molar-refractivity contribution in [3.8, 4) is 6.07 Å². The van der Waals surface area contributed by atoms with E-state index in [-0.39, 0.29) is 12.2 Å². The number of aliphatic hydroxyl groups is 1. The molecule has 1 aromatic heterocycles. The van der Waals surface area contributed by atoms with Crippen molar-refractivity contribution in [1.82, 2.24) is 4.98 Å². The average Bonchev–Trinajstić information content (AvgIpc) is 2.46. The first kappa shape index (κ1) is 14.3. The van der Waals surface area contributed by atoms with Crippen molar-refractivity contribution in [2.24, 2.45) is 0 Å². The number of aliphatic hydroxyl groups excluding tert-OH is 1. The normalized spacial score (nSPS) is 13.9. The second kappa shape index (κ2) is 5.48. The number of pyridine rings is 1. The van der Waals surface area contributed by atoms with Crippen LogP contribution in [0, 0.1) is 11.3 Å². The standard InChI is InChI=1S/C16H18N2O2/c1-3-11-8-12-4-5-13(9-14(12)18-15(11)20)16(2,10-17)6-7-19/h4-5,8-9,19H,3,6-7H2,1-2H3,(H,18,20). The van der Waals surface area contributed by atoms with Gasteiger partial charge in [0.1, 0.15) is 0 Å². The number of nitriles is 1. The van der Waals surface area contributed by atoms with Crippen LogP contribution in [0.2, 0.25) is 0 Å². The molecule has 0 aliphatic heterocycles. The summed E-state index contributed by atoms with van der Waals surface area (Å²) >= 11 is 0. The van der Waals surface area contributed by atoms with Gasteiger partial charge in [0, 0.05) is 17.7 Å². The maximum atomic E-state index is 11.9. The predicted octanol–water partition coefficient (Wildman–Crippen LogP) is 2.25. The number of aryl methyl sites for hydroxylation is 1. The minimum absolute atomic E-state index is 0.0482. The molecule has 2 N–H and O–H groups in total. The number of hydrogen-bond acceptors (Lipinski definition) is 3. The first-order chi connectivity index (χ1) is 9.54. The molecule has 0 aliphatic rings. The van der Waals surface area contributed by atoms with Gasteiger partial charge in [-0.2, -0.15) is 5.26 Å². The topological polar surface area (TPSA) is 76.9 Å². The van der Waals surface area contributed by atoms with Gasteiger partial charge in [-0.1, -0.05) is 19.1 Å². The van der Waals surface area contributed by atoms with E-state index in [9.17, 15) is 10.1 Å². The molecule has 1 atom stereocenters. The molecular weight excluding hydrogens is 252 g/mol. The maximum absolute atomic E-state index is 11.9. The fraction of sp³-hybridized carbons (Fsp3) is 0.375. The number of nitrogens with one attached hydrogen (secondary N) is 1. The molecule has 0 saturated heterocycles. The third-order valence-electron chi connectivity index (χ3n) is 3.80. The van der Waals surface area contributed by atoms with E-state index in [1.54, 1.807) is 6.92 Å². The van der Waals surface area contributed by atoms with Crippen LogP contribution in [0.5, 0.6) is 0 Å². The Kier molecular flexibility index (Phi) is 3.91. The molecule has 0 bridgehead atoms. The van der Waals surface area contributed by atoms with Crippen molar-refractivity contribution in [3.63, 3.8) is 0 Å². The molecule has 2 rings (SSSR count). The van der Waals surface area contributed by atoms with Gasteiger partial charge in [0.15, 0.2) is 0 Å². The number of aromatic amines is 1.